The second kappa shape index (κ2) is 23.3. The van der Waals surface area contributed by atoms with E-state index in [1.807, 2.05) is 24.3 Å². The zero-order valence-electron chi connectivity index (χ0n) is 49.0. The van der Waals surface area contributed by atoms with Crippen molar-refractivity contribution in [2.45, 2.75) is 113 Å². The summed E-state index contributed by atoms with van der Waals surface area (Å²) < 4.78 is 52.4. The van der Waals surface area contributed by atoms with Crippen molar-refractivity contribution in [2.24, 2.45) is 5.41 Å². The van der Waals surface area contributed by atoms with Gasteiger partial charge in [-0.3, -0.25) is 19.5 Å². The number of carbonyl (C=O) groups is 2. The van der Waals surface area contributed by atoms with E-state index in [0.29, 0.717) is 94.2 Å². The number of halogens is 4. The highest BCUT2D eigenvalue weighted by molar-refractivity contribution is 6.31. The van der Waals surface area contributed by atoms with Crippen LogP contribution in [0, 0.1) is 29.4 Å². The maximum Gasteiger partial charge on any atom is 0.319 e. The quantitative estimate of drug-likeness (QED) is 0.0396. The number of phenols is 1. The minimum Gasteiger partial charge on any atom is -0.508 e. The van der Waals surface area contributed by atoms with Gasteiger partial charge in [0.25, 0.3) is 5.91 Å². The van der Waals surface area contributed by atoms with E-state index < -0.39 is 34.9 Å². The van der Waals surface area contributed by atoms with Gasteiger partial charge in [0.05, 0.1) is 48.0 Å². The number of hydrogen-bond donors (Lipinski definition) is 6. The van der Waals surface area contributed by atoms with E-state index in [0.717, 1.165) is 56.3 Å². The molecule has 5 fully saturated rings. The first-order valence-electron chi connectivity index (χ1n) is 30.0. The monoisotopic (exact) mass is 1220 g/mol. The topological polar surface area (TPSA) is 187 Å². The predicted molar refractivity (Wildman–Crippen MR) is 335 cm³/mol. The molecule has 16 nitrogen and oxygen atoms in total. The van der Waals surface area contributed by atoms with Crippen molar-refractivity contribution in [1.29, 1.82) is 0 Å². The fourth-order valence-corrected chi connectivity index (χ4v) is 15.5. The number of hydrogen-bond acceptors (Lipinski definition) is 14. The summed E-state index contributed by atoms with van der Waals surface area (Å²) in [6.45, 7) is 10.4. The fraction of sp³-hybridized carbons (Fsp3) is 0.418. The predicted octanol–water partition coefficient (Wildman–Crippen LogP) is 10.8. The molecule has 6 N–H and O–H groups in total. The van der Waals surface area contributed by atoms with E-state index >= 15 is 8.78 Å². The lowest BCUT2D eigenvalue weighted by Crippen LogP contribution is -2.51. The number of nitrogens with one attached hydrogen (secondary N) is 5. The van der Waals surface area contributed by atoms with Crippen LogP contribution in [0.3, 0.4) is 0 Å². The highest BCUT2D eigenvalue weighted by atomic mass is 35.5. The molecule has 5 saturated heterocycles. The Bertz CT molecular complexity index is 3910. The summed E-state index contributed by atoms with van der Waals surface area (Å²) in [5, 5.41) is 30.0. The SMILES string of the molecule is C#Cc1cccc2cc(O)cc(-c3ncc4c(N5C[C@H]6CC[C@@H](C5)N6)nc(OC[C@@]56CCCN5C(COCCNC(=O)c5ccc(NC(=O)[C@@H]7N[C@@H](CC(C)(C)C)[C@@]8(CNc9cc(Cl)ccc98)[C@H]7c7cccc(Cl)c7F)c(OC)c5)CC6)nc4c3F)c12. The van der Waals surface area contributed by atoms with Gasteiger partial charge in [0.2, 0.25) is 5.91 Å². The lowest BCUT2D eigenvalue weighted by atomic mass is 9.63. The van der Waals surface area contributed by atoms with Gasteiger partial charge in [-0.15, -0.1) is 6.42 Å². The van der Waals surface area contributed by atoms with E-state index in [1.54, 1.807) is 54.7 Å². The van der Waals surface area contributed by atoms with Crippen LogP contribution in [0.1, 0.15) is 98.7 Å². The Balaban J connectivity index is 0.664. The summed E-state index contributed by atoms with van der Waals surface area (Å²) in [5.74, 6) is 0.828. The Morgan fingerprint density at radius 3 is 2.56 bits per heavy atom. The third kappa shape index (κ3) is 10.8. The summed E-state index contributed by atoms with van der Waals surface area (Å²) in [7, 11) is 1.47. The Morgan fingerprint density at radius 1 is 0.954 bits per heavy atom. The molecule has 2 bridgehead atoms. The van der Waals surface area contributed by atoms with Gasteiger partial charge < -0.3 is 50.8 Å². The third-order valence-corrected chi connectivity index (χ3v) is 19.5. The molecule has 0 radical (unpaired) electrons. The van der Waals surface area contributed by atoms with Gasteiger partial charge in [0.15, 0.2) is 5.82 Å². The van der Waals surface area contributed by atoms with Crippen LogP contribution in [0.25, 0.3) is 32.9 Å². The number of carbonyl (C=O) groups excluding carboxylic acids is 2. The van der Waals surface area contributed by atoms with Crippen molar-refractivity contribution in [2.75, 3.05) is 75.2 Å². The van der Waals surface area contributed by atoms with E-state index in [1.165, 1.54) is 19.2 Å². The van der Waals surface area contributed by atoms with Crippen molar-refractivity contribution < 1.29 is 37.7 Å². The molecule has 6 aliphatic heterocycles. The first kappa shape index (κ1) is 58.6. The van der Waals surface area contributed by atoms with Gasteiger partial charge in [-0.25, -0.2) is 8.78 Å². The molecule has 1 unspecified atom stereocenters. The molecule has 8 atom stereocenters. The number of amides is 2. The first-order valence-corrected chi connectivity index (χ1v) is 30.8. The molecule has 13 rings (SSSR count). The highest BCUT2D eigenvalue weighted by Gasteiger charge is 2.62. The van der Waals surface area contributed by atoms with Crippen LogP contribution >= 0.6 is 23.2 Å². The first-order chi connectivity index (χ1) is 41.9. The minimum atomic E-state index is -0.914. The van der Waals surface area contributed by atoms with Gasteiger partial charge in [-0.05, 0) is 128 Å². The maximum atomic E-state index is 17.3. The van der Waals surface area contributed by atoms with Gasteiger partial charge in [0, 0.05) is 101 Å². The van der Waals surface area contributed by atoms with Crippen LogP contribution in [-0.2, 0) is 14.9 Å². The number of methoxy groups -OCH3 is 1. The highest BCUT2D eigenvalue weighted by Crippen LogP contribution is 2.57. The molecular formula is C67H70Cl2F2N10O6. The van der Waals surface area contributed by atoms with Crippen molar-refractivity contribution in [3.63, 3.8) is 0 Å². The Morgan fingerprint density at radius 2 is 1.77 bits per heavy atom. The minimum absolute atomic E-state index is 0.0140. The van der Waals surface area contributed by atoms with Crippen molar-refractivity contribution in [1.82, 2.24) is 35.8 Å². The second-order valence-electron chi connectivity index (χ2n) is 25.5. The van der Waals surface area contributed by atoms with Gasteiger partial charge in [-0.2, -0.15) is 9.97 Å². The smallest absolute Gasteiger partial charge is 0.319 e. The number of phenolic OH excluding ortho intramolecular Hbond substituents is 1. The zero-order valence-corrected chi connectivity index (χ0v) is 50.6. The number of anilines is 3. The molecule has 7 aromatic rings. The largest absolute Gasteiger partial charge is 0.508 e. The van der Waals surface area contributed by atoms with Gasteiger partial charge >= 0.3 is 6.01 Å². The molecule has 20 heteroatoms. The van der Waals surface area contributed by atoms with Crippen molar-refractivity contribution >= 4 is 73.9 Å². The summed E-state index contributed by atoms with van der Waals surface area (Å²) in [5.41, 5.74) is 2.53. The molecule has 0 saturated carbocycles. The Hall–Kier alpha value is -7.37. The van der Waals surface area contributed by atoms with Crippen LogP contribution in [0.5, 0.6) is 17.5 Å². The number of aromatic hydroxyl groups is 1. The van der Waals surface area contributed by atoms with Crippen LogP contribution in [0.15, 0.2) is 91.1 Å². The van der Waals surface area contributed by atoms with E-state index in [-0.39, 0.29) is 87.9 Å². The molecule has 2 aromatic heterocycles. The van der Waals surface area contributed by atoms with Gasteiger partial charge in [-0.1, -0.05) is 80.2 Å². The van der Waals surface area contributed by atoms with Crippen LogP contribution in [0.4, 0.5) is 26.0 Å². The average molecular weight is 1220 g/mol. The fourth-order valence-electron chi connectivity index (χ4n) is 15.2. The summed E-state index contributed by atoms with van der Waals surface area (Å²) >= 11 is 13.0. The van der Waals surface area contributed by atoms with E-state index in [2.05, 4.69) is 68.1 Å². The van der Waals surface area contributed by atoms with Crippen molar-refractivity contribution in [3.05, 3.63) is 135 Å². The molecule has 2 amide bonds. The maximum absolute atomic E-state index is 17.3. The molecule has 452 valence electrons. The molecule has 5 aromatic carbocycles. The molecular weight excluding hydrogens is 1150 g/mol. The number of fused-ring (bicyclic) bond motifs is 7. The summed E-state index contributed by atoms with van der Waals surface area (Å²) in [4.78, 5) is 47.6. The van der Waals surface area contributed by atoms with Crippen molar-refractivity contribution in [3.8, 4) is 41.1 Å². The summed E-state index contributed by atoms with van der Waals surface area (Å²) in [6.07, 6.45) is 13.9. The van der Waals surface area contributed by atoms with Crippen LogP contribution in [0.2, 0.25) is 10.0 Å². The molecule has 6 aliphatic rings. The normalized spacial score (nSPS) is 24.7. The Labute approximate surface area is 514 Å². The number of piperazine rings is 1. The number of aromatic nitrogens is 3. The average Bonchev–Trinajstić information content (AvgIpc) is 1.61. The molecule has 87 heavy (non-hydrogen) atoms. The number of rotatable bonds is 16. The van der Waals surface area contributed by atoms with E-state index in [9.17, 15) is 14.7 Å². The molecule has 1 spiro atoms. The zero-order chi connectivity index (χ0) is 60.5. The number of benzene rings is 5. The molecule has 0 aliphatic carbocycles. The standard InChI is InChI=1S/C67H70Cl2F2N10O6/c1-6-37-10-7-11-38-26-44(82)29-46(54(37)38)58-57(71)59-47(31-73-58)61(80-32-41-16-17-42(33-80)75-41)79-64(78-59)87-36-66-21-9-24-81(66)43(20-22-66)34-86-25-23-72-62(83)39-14-19-50(52(27-39)85-5)76-63(84)60-55(45-12-8-13-49(69)56(45)70)67(53(77-60)30-65(2,3)4)35-74-51-28-40(68)15-18-48(51)67/h1,7-8,10-15,18-19,26-29,31,41-43,53,55,60,74-75,77,82H,9,16-17,20-25,30,32-36H2,2-5H3,(H,72,83)(H,76,84)/t41-,42+,43?,53-,55-,60+,66-,67-/m0/s1. The number of pyridine rings is 1. The Kier molecular flexibility index (Phi) is 15.7. The lowest BCUT2D eigenvalue weighted by molar-refractivity contribution is -0.118. The van der Waals surface area contributed by atoms with Gasteiger partial charge in [0.1, 0.15) is 41.0 Å². The second-order valence-corrected chi connectivity index (χ2v) is 26.3. The molecule has 8 heterocycles. The number of ether oxygens (including phenoxy) is 3. The van der Waals surface area contributed by atoms with E-state index in [4.69, 9.17) is 53.8 Å². The third-order valence-electron chi connectivity index (χ3n) is 19.0. The van der Waals surface area contributed by atoms with Crippen LogP contribution < -0.4 is 41.0 Å². The van der Waals surface area contributed by atoms with Crippen LogP contribution in [-0.4, -0.2) is 132 Å². The number of terminal acetylenes is 1. The summed E-state index contributed by atoms with van der Waals surface area (Å²) in [6, 6.07) is 23.5. The lowest BCUT2D eigenvalue weighted by Gasteiger charge is -2.39. The number of nitrogens with zero attached hydrogens (tertiary/aromatic N) is 5.